The summed E-state index contributed by atoms with van der Waals surface area (Å²) in [6.45, 7) is 0.181. The Morgan fingerprint density at radius 2 is 1.77 bits per heavy atom. The molecule has 0 radical (unpaired) electrons. The molecule has 22 heavy (non-hydrogen) atoms. The number of carbonyl (C=O) groups is 2. The van der Waals surface area contributed by atoms with Gasteiger partial charge in [0.25, 0.3) is 0 Å². The molecule has 0 bridgehead atoms. The van der Waals surface area contributed by atoms with E-state index in [4.69, 9.17) is 21.1 Å². The van der Waals surface area contributed by atoms with Gasteiger partial charge in [-0.3, -0.25) is 4.79 Å². The summed E-state index contributed by atoms with van der Waals surface area (Å²) in [4.78, 5) is 23.2. The van der Waals surface area contributed by atoms with Crippen LogP contribution < -0.4 is 4.74 Å². The van der Waals surface area contributed by atoms with Crippen LogP contribution in [0.15, 0.2) is 54.6 Å². The molecule has 0 amide bonds. The van der Waals surface area contributed by atoms with Gasteiger partial charge in [-0.15, -0.1) is 0 Å². The smallest absolute Gasteiger partial charge is 0.375 e. The second-order valence-corrected chi connectivity index (χ2v) is 4.98. The van der Waals surface area contributed by atoms with Crippen LogP contribution in [-0.2, 0) is 20.9 Å². The molecule has 4 nitrogen and oxygen atoms in total. The zero-order chi connectivity index (χ0) is 15.8. The van der Waals surface area contributed by atoms with E-state index in [1.165, 1.54) is 0 Å². The number of ketones is 1. The average molecular weight is 319 g/mol. The molecule has 2 aromatic carbocycles. The lowest BCUT2D eigenvalue weighted by atomic mass is 10.2. The molecule has 0 atom stereocenters. The Kier molecular flexibility index (Phi) is 5.98. The van der Waals surface area contributed by atoms with E-state index in [2.05, 4.69) is 0 Å². The van der Waals surface area contributed by atoms with Crippen molar-refractivity contribution in [3.63, 3.8) is 0 Å². The first-order chi connectivity index (χ1) is 10.6. The van der Waals surface area contributed by atoms with Crippen molar-refractivity contribution < 1.29 is 19.1 Å². The standard InChI is InChI=1S/C17H15ClO4/c18-14-7-4-8-15(11-14)21-10-9-16(19)17(20)22-12-13-5-2-1-3-6-13/h1-8,11H,9-10,12H2. The lowest BCUT2D eigenvalue weighted by Crippen LogP contribution is -2.19. The number of ether oxygens (including phenoxy) is 2. The zero-order valence-electron chi connectivity index (χ0n) is 11.8. The van der Waals surface area contributed by atoms with E-state index in [9.17, 15) is 9.59 Å². The third kappa shape index (κ3) is 5.22. The number of hydrogen-bond acceptors (Lipinski definition) is 4. The van der Waals surface area contributed by atoms with Crippen LogP contribution in [0.25, 0.3) is 0 Å². The van der Waals surface area contributed by atoms with Crippen LogP contribution >= 0.6 is 11.6 Å². The van der Waals surface area contributed by atoms with Gasteiger partial charge in [0.15, 0.2) is 0 Å². The van der Waals surface area contributed by atoms with E-state index in [-0.39, 0.29) is 19.6 Å². The van der Waals surface area contributed by atoms with Crippen LogP contribution in [0.3, 0.4) is 0 Å². The molecule has 0 aliphatic rings. The van der Waals surface area contributed by atoms with Gasteiger partial charge in [-0.1, -0.05) is 48.0 Å². The Labute approximate surface area is 133 Å². The van der Waals surface area contributed by atoms with Crippen molar-refractivity contribution in [3.8, 4) is 5.75 Å². The van der Waals surface area contributed by atoms with Gasteiger partial charge < -0.3 is 9.47 Å². The van der Waals surface area contributed by atoms with Crippen LogP contribution in [0.1, 0.15) is 12.0 Å². The average Bonchev–Trinajstić information content (AvgIpc) is 2.53. The van der Waals surface area contributed by atoms with Gasteiger partial charge in [-0.2, -0.15) is 0 Å². The Morgan fingerprint density at radius 3 is 2.50 bits per heavy atom. The number of rotatable bonds is 7. The van der Waals surface area contributed by atoms with Crippen LogP contribution in [-0.4, -0.2) is 18.4 Å². The molecule has 0 fully saturated rings. The molecule has 2 aromatic rings. The van der Waals surface area contributed by atoms with Crippen molar-refractivity contribution in [3.05, 3.63) is 65.2 Å². The van der Waals surface area contributed by atoms with Crippen LogP contribution in [0, 0.1) is 0 Å². The fraction of sp³-hybridized carbons (Fsp3) is 0.176. The van der Waals surface area contributed by atoms with E-state index < -0.39 is 11.8 Å². The summed E-state index contributed by atoms with van der Waals surface area (Å²) in [6.07, 6.45) is -0.0415. The van der Waals surface area contributed by atoms with E-state index in [0.29, 0.717) is 10.8 Å². The predicted octanol–water partition coefficient (Wildman–Crippen LogP) is 3.42. The summed E-state index contributed by atoms with van der Waals surface area (Å²) in [5.74, 6) is -0.908. The Bertz CT molecular complexity index is 640. The van der Waals surface area contributed by atoms with E-state index >= 15 is 0 Å². The van der Waals surface area contributed by atoms with Crippen LogP contribution in [0.5, 0.6) is 5.75 Å². The third-order valence-corrected chi connectivity index (χ3v) is 3.07. The normalized spacial score (nSPS) is 10.0. The molecule has 0 aliphatic heterocycles. The first-order valence-electron chi connectivity index (χ1n) is 6.77. The summed E-state index contributed by atoms with van der Waals surface area (Å²) < 4.78 is 10.3. The maximum Gasteiger partial charge on any atom is 0.375 e. The fourth-order valence-corrected chi connectivity index (χ4v) is 1.90. The predicted molar refractivity (Wildman–Crippen MR) is 82.8 cm³/mol. The molecule has 0 saturated carbocycles. The van der Waals surface area contributed by atoms with Crippen LogP contribution in [0.4, 0.5) is 0 Å². The van der Waals surface area contributed by atoms with E-state index in [1.807, 2.05) is 30.3 Å². The fourth-order valence-electron chi connectivity index (χ4n) is 1.72. The summed E-state index contributed by atoms with van der Waals surface area (Å²) in [6, 6.07) is 16.0. The number of esters is 1. The first-order valence-corrected chi connectivity index (χ1v) is 7.15. The number of Topliss-reactive ketones (excluding diaryl/α,β-unsaturated/α-hetero) is 1. The zero-order valence-corrected chi connectivity index (χ0v) is 12.6. The first kappa shape index (κ1) is 16.0. The molecule has 0 N–H and O–H groups in total. The lowest BCUT2D eigenvalue weighted by Gasteiger charge is -2.06. The largest absolute Gasteiger partial charge is 0.493 e. The molecule has 0 heterocycles. The maximum absolute atomic E-state index is 11.6. The molecule has 114 valence electrons. The molecule has 5 heteroatoms. The summed E-state index contributed by atoms with van der Waals surface area (Å²) in [5, 5.41) is 0.547. The third-order valence-electron chi connectivity index (χ3n) is 2.83. The van der Waals surface area contributed by atoms with Crippen molar-refractivity contribution in [1.82, 2.24) is 0 Å². The maximum atomic E-state index is 11.6. The van der Waals surface area contributed by atoms with Gasteiger partial charge in [-0.05, 0) is 23.8 Å². The van der Waals surface area contributed by atoms with E-state index in [1.54, 1.807) is 24.3 Å². The van der Waals surface area contributed by atoms with Crippen molar-refractivity contribution in [2.75, 3.05) is 6.61 Å². The summed E-state index contributed by atoms with van der Waals surface area (Å²) >= 11 is 5.82. The highest BCUT2D eigenvalue weighted by molar-refractivity contribution is 6.33. The summed E-state index contributed by atoms with van der Waals surface area (Å²) in [7, 11) is 0. The minimum Gasteiger partial charge on any atom is -0.493 e. The molecule has 0 spiro atoms. The van der Waals surface area contributed by atoms with Gasteiger partial charge in [-0.25, -0.2) is 4.79 Å². The molecular formula is C17H15ClO4. The van der Waals surface area contributed by atoms with Gasteiger partial charge in [0.05, 0.1) is 13.0 Å². The number of halogens is 1. The van der Waals surface area contributed by atoms with Gasteiger partial charge in [0, 0.05) is 5.02 Å². The number of carbonyl (C=O) groups excluding carboxylic acids is 2. The second-order valence-electron chi connectivity index (χ2n) is 4.54. The molecule has 0 saturated heterocycles. The SMILES string of the molecule is O=C(CCOc1cccc(Cl)c1)C(=O)OCc1ccccc1. The topological polar surface area (TPSA) is 52.6 Å². The second kappa shape index (κ2) is 8.20. The van der Waals surface area contributed by atoms with Crippen molar-refractivity contribution in [2.24, 2.45) is 0 Å². The highest BCUT2D eigenvalue weighted by Gasteiger charge is 2.15. The molecular weight excluding hydrogens is 304 g/mol. The number of benzene rings is 2. The minimum absolute atomic E-state index is 0.0415. The Morgan fingerprint density at radius 1 is 1.00 bits per heavy atom. The Balaban J connectivity index is 1.71. The van der Waals surface area contributed by atoms with Gasteiger partial charge >= 0.3 is 5.97 Å². The van der Waals surface area contributed by atoms with Crippen molar-refractivity contribution >= 4 is 23.4 Å². The summed E-state index contributed by atoms with van der Waals surface area (Å²) in [5.41, 5.74) is 0.832. The molecule has 0 aromatic heterocycles. The van der Waals surface area contributed by atoms with Gasteiger partial charge in [0.2, 0.25) is 5.78 Å². The minimum atomic E-state index is -0.849. The quantitative estimate of drug-likeness (QED) is 0.580. The van der Waals surface area contributed by atoms with Crippen molar-refractivity contribution in [1.29, 1.82) is 0 Å². The number of hydrogen-bond donors (Lipinski definition) is 0. The molecule has 2 rings (SSSR count). The van der Waals surface area contributed by atoms with Gasteiger partial charge in [0.1, 0.15) is 12.4 Å². The monoisotopic (exact) mass is 318 g/mol. The molecule has 0 aliphatic carbocycles. The lowest BCUT2D eigenvalue weighted by molar-refractivity contribution is -0.155. The Hall–Kier alpha value is -2.33. The van der Waals surface area contributed by atoms with Crippen molar-refractivity contribution in [2.45, 2.75) is 13.0 Å². The molecule has 0 unspecified atom stereocenters. The van der Waals surface area contributed by atoms with E-state index in [0.717, 1.165) is 5.56 Å². The highest BCUT2D eigenvalue weighted by Crippen LogP contribution is 2.17. The highest BCUT2D eigenvalue weighted by atomic mass is 35.5. The van der Waals surface area contributed by atoms with Crippen LogP contribution in [0.2, 0.25) is 5.02 Å².